The summed E-state index contributed by atoms with van der Waals surface area (Å²) in [5.74, 6) is 0.924. The number of hydrogen-bond donors (Lipinski definition) is 1. The molecule has 2 aliphatic rings. The maximum Gasteiger partial charge on any atom is 0.0594 e. The number of morpholine rings is 1. The molecular formula is C14H28N2O. The molecule has 17 heavy (non-hydrogen) atoms. The summed E-state index contributed by atoms with van der Waals surface area (Å²) in [7, 11) is 0. The summed E-state index contributed by atoms with van der Waals surface area (Å²) < 4.78 is 5.37. The van der Waals surface area contributed by atoms with Crippen LogP contribution >= 0.6 is 0 Å². The standard InChI is InChI=1S/C14H28N2O/c1-2-13-5-3-4-6-14(13)15-7-8-16-9-11-17-12-10-16/h13-15H,2-12H2,1H3. The van der Waals surface area contributed by atoms with E-state index >= 15 is 0 Å². The summed E-state index contributed by atoms with van der Waals surface area (Å²) in [6.45, 7) is 8.75. The minimum absolute atomic E-state index is 0.787. The van der Waals surface area contributed by atoms with Crippen LogP contribution in [0.1, 0.15) is 39.0 Å². The fourth-order valence-electron chi connectivity index (χ4n) is 3.20. The van der Waals surface area contributed by atoms with Crippen LogP contribution in [-0.2, 0) is 4.74 Å². The fraction of sp³-hybridized carbons (Fsp3) is 1.00. The quantitative estimate of drug-likeness (QED) is 0.794. The van der Waals surface area contributed by atoms with Crippen molar-refractivity contribution in [2.24, 2.45) is 5.92 Å². The molecule has 1 N–H and O–H groups in total. The van der Waals surface area contributed by atoms with Crippen LogP contribution in [0.15, 0.2) is 0 Å². The molecule has 0 bridgehead atoms. The second kappa shape index (κ2) is 7.34. The Morgan fingerprint density at radius 2 is 1.94 bits per heavy atom. The maximum absolute atomic E-state index is 5.37. The van der Waals surface area contributed by atoms with Crippen molar-refractivity contribution in [1.29, 1.82) is 0 Å². The third kappa shape index (κ3) is 4.23. The zero-order chi connectivity index (χ0) is 11.9. The molecule has 1 saturated heterocycles. The van der Waals surface area contributed by atoms with Crippen molar-refractivity contribution in [3.8, 4) is 0 Å². The molecule has 0 amide bonds. The van der Waals surface area contributed by atoms with Gasteiger partial charge in [-0.05, 0) is 18.8 Å². The predicted octanol–water partition coefficient (Wildman–Crippen LogP) is 1.88. The van der Waals surface area contributed by atoms with Crippen LogP contribution in [0.4, 0.5) is 0 Å². The van der Waals surface area contributed by atoms with E-state index in [0.717, 1.165) is 44.8 Å². The molecule has 1 saturated carbocycles. The molecule has 1 heterocycles. The lowest BCUT2D eigenvalue weighted by molar-refractivity contribution is 0.0376. The summed E-state index contributed by atoms with van der Waals surface area (Å²) in [6, 6.07) is 0.787. The van der Waals surface area contributed by atoms with Gasteiger partial charge in [-0.3, -0.25) is 4.90 Å². The Bertz CT molecular complexity index is 204. The van der Waals surface area contributed by atoms with Crippen molar-refractivity contribution >= 4 is 0 Å². The van der Waals surface area contributed by atoms with Gasteiger partial charge < -0.3 is 10.1 Å². The first-order valence-corrected chi connectivity index (χ1v) is 7.43. The minimum atomic E-state index is 0.787. The number of ether oxygens (including phenoxy) is 1. The molecule has 0 aromatic heterocycles. The normalized spacial score (nSPS) is 31.6. The first-order chi connectivity index (χ1) is 8.40. The van der Waals surface area contributed by atoms with Crippen LogP contribution in [0.5, 0.6) is 0 Å². The maximum atomic E-state index is 5.37. The number of nitrogens with zero attached hydrogens (tertiary/aromatic N) is 1. The second-order valence-electron chi connectivity index (χ2n) is 5.47. The van der Waals surface area contributed by atoms with Crippen molar-refractivity contribution in [3.63, 3.8) is 0 Å². The van der Waals surface area contributed by atoms with Gasteiger partial charge in [0.25, 0.3) is 0 Å². The van der Waals surface area contributed by atoms with Gasteiger partial charge in [-0.15, -0.1) is 0 Å². The van der Waals surface area contributed by atoms with Gasteiger partial charge in [-0.2, -0.15) is 0 Å². The molecule has 2 rings (SSSR count). The van der Waals surface area contributed by atoms with Crippen molar-refractivity contribution in [2.75, 3.05) is 39.4 Å². The average molecular weight is 240 g/mol. The summed E-state index contributed by atoms with van der Waals surface area (Å²) in [6.07, 6.45) is 7.04. The van der Waals surface area contributed by atoms with E-state index in [1.165, 1.54) is 38.6 Å². The SMILES string of the molecule is CCC1CCCCC1NCCN1CCOCC1. The van der Waals surface area contributed by atoms with Crippen molar-refractivity contribution in [3.05, 3.63) is 0 Å². The predicted molar refractivity (Wildman–Crippen MR) is 71.3 cm³/mol. The van der Waals surface area contributed by atoms with Crippen molar-refractivity contribution in [1.82, 2.24) is 10.2 Å². The van der Waals surface area contributed by atoms with Crippen LogP contribution in [0, 0.1) is 5.92 Å². The van der Waals surface area contributed by atoms with Crippen LogP contribution in [0.25, 0.3) is 0 Å². The molecule has 2 atom stereocenters. The summed E-state index contributed by atoms with van der Waals surface area (Å²) in [5.41, 5.74) is 0. The minimum Gasteiger partial charge on any atom is -0.379 e. The Balaban J connectivity index is 1.62. The van der Waals surface area contributed by atoms with Crippen molar-refractivity contribution in [2.45, 2.75) is 45.1 Å². The van der Waals surface area contributed by atoms with E-state index in [1.807, 2.05) is 0 Å². The second-order valence-corrected chi connectivity index (χ2v) is 5.47. The van der Waals surface area contributed by atoms with Gasteiger partial charge in [0.1, 0.15) is 0 Å². The molecule has 1 aliphatic carbocycles. The fourth-order valence-corrected chi connectivity index (χ4v) is 3.20. The summed E-state index contributed by atoms with van der Waals surface area (Å²) >= 11 is 0. The van der Waals surface area contributed by atoms with E-state index < -0.39 is 0 Å². The molecular weight excluding hydrogens is 212 g/mol. The molecule has 100 valence electrons. The van der Waals surface area contributed by atoms with Gasteiger partial charge >= 0.3 is 0 Å². The van der Waals surface area contributed by atoms with E-state index in [9.17, 15) is 0 Å². The van der Waals surface area contributed by atoms with E-state index in [-0.39, 0.29) is 0 Å². The molecule has 1 aliphatic heterocycles. The van der Waals surface area contributed by atoms with E-state index in [4.69, 9.17) is 4.74 Å². The molecule has 0 aromatic carbocycles. The highest BCUT2D eigenvalue weighted by Crippen LogP contribution is 2.26. The highest BCUT2D eigenvalue weighted by atomic mass is 16.5. The Kier molecular flexibility index (Phi) is 5.75. The van der Waals surface area contributed by atoms with Gasteiger partial charge in [0, 0.05) is 32.2 Å². The summed E-state index contributed by atoms with van der Waals surface area (Å²) in [4.78, 5) is 2.51. The summed E-state index contributed by atoms with van der Waals surface area (Å²) in [5, 5.41) is 3.79. The topological polar surface area (TPSA) is 24.5 Å². The Labute approximate surface area is 106 Å². The lowest BCUT2D eigenvalue weighted by Gasteiger charge is -2.33. The molecule has 2 fully saturated rings. The van der Waals surface area contributed by atoms with E-state index in [2.05, 4.69) is 17.1 Å². The third-order valence-electron chi connectivity index (χ3n) is 4.37. The van der Waals surface area contributed by atoms with Crippen LogP contribution < -0.4 is 5.32 Å². The Hall–Kier alpha value is -0.120. The largest absolute Gasteiger partial charge is 0.379 e. The number of nitrogens with one attached hydrogen (secondary N) is 1. The van der Waals surface area contributed by atoms with E-state index in [1.54, 1.807) is 0 Å². The van der Waals surface area contributed by atoms with Crippen LogP contribution in [-0.4, -0.2) is 50.3 Å². The van der Waals surface area contributed by atoms with Gasteiger partial charge in [0.2, 0.25) is 0 Å². The van der Waals surface area contributed by atoms with E-state index in [0.29, 0.717) is 0 Å². The smallest absolute Gasteiger partial charge is 0.0594 e. The van der Waals surface area contributed by atoms with Gasteiger partial charge in [-0.25, -0.2) is 0 Å². The lowest BCUT2D eigenvalue weighted by Crippen LogP contribution is -2.44. The molecule has 3 heteroatoms. The molecule has 0 spiro atoms. The lowest BCUT2D eigenvalue weighted by atomic mass is 9.83. The van der Waals surface area contributed by atoms with Crippen molar-refractivity contribution < 1.29 is 4.74 Å². The monoisotopic (exact) mass is 240 g/mol. The highest BCUT2D eigenvalue weighted by molar-refractivity contribution is 4.80. The highest BCUT2D eigenvalue weighted by Gasteiger charge is 2.22. The molecule has 3 nitrogen and oxygen atoms in total. The number of hydrogen-bond acceptors (Lipinski definition) is 3. The zero-order valence-electron chi connectivity index (χ0n) is 11.3. The van der Waals surface area contributed by atoms with Gasteiger partial charge in [0.05, 0.1) is 13.2 Å². The first kappa shape index (κ1) is 13.3. The number of rotatable bonds is 5. The van der Waals surface area contributed by atoms with Crippen LogP contribution in [0.2, 0.25) is 0 Å². The molecule has 0 aromatic rings. The Morgan fingerprint density at radius 1 is 1.18 bits per heavy atom. The third-order valence-corrected chi connectivity index (χ3v) is 4.37. The molecule has 2 unspecified atom stereocenters. The first-order valence-electron chi connectivity index (χ1n) is 7.43. The van der Waals surface area contributed by atoms with Gasteiger partial charge in [0.15, 0.2) is 0 Å². The average Bonchev–Trinajstić information content (AvgIpc) is 2.40. The Morgan fingerprint density at radius 3 is 2.71 bits per heavy atom. The van der Waals surface area contributed by atoms with Crippen LogP contribution in [0.3, 0.4) is 0 Å². The molecule has 0 radical (unpaired) electrons. The van der Waals surface area contributed by atoms with Gasteiger partial charge in [-0.1, -0.05) is 26.2 Å². The zero-order valence-corrected chi connectivity index (χ0v) is 11.3.